The quantitative estimate of drug-likeness (QED) is 0.759. The molecule has 0 aliphatic heterocycles. The topological polar surface area (TPSA) is 84.5 Å². The Labute approximate surface area is 156 Å². The molecule has 0 aromatic heterocycles. The number of carbonyl (C=O) groups is 1. The molecule has 0 unspecified atom stereocenters. The molecule has 1 amide bonds. The smallest absolute Gasteiger partial charge is 0.251 e. The fraction of sp³-hybridized carbons (Fsp3) is 0.632. The van der Waals surface area contributed by atoms with E-state index in [-0.39, 0.29) is 29.7 Å². The molecular formula is C19H30N2O4S. The first-order valence-corrected chi connectivity index (χ1v) is 10.7. The average Bonchev–Trinajstić information content (AvgIpc) is 2.52. The van der Waals surface area contributed by atoms with E-state index in [2.05, 4.69) is 30.8 Å². The van der Waals surface area contributed by atoms with Crippen molar-refractivity contribution in [3.05, 3.63) is 29.8 Å². The molecule has 1 fully saturated rings. The van der Waals surface area contributed by atoms with Gasteiger partial charge in [0.15, 0.2) is 0 Å². The molecule has 1 aromatic rings. The largest absolute Gasteiger partial charge is 0.497 e. The van der Waals surface area contributed by atoms with E-state index in [4.69, 9.17) is 4.74 Å². The molecule has 26 heavy (non-hydrogen) atoms. The maximum atomic E-state index is 12.4. The van der Waals surface area contributed by atoms with Crippen LogP contribution in [0.4, 0.5) is 0 Å². The molecule has 146 valence electrons. The summed E-state index contributed by atoms with van der Waals surface area (Å²) >= 11 is 0. The molecule has 1 saturated carbocycles. The van der Waals surface area contributed by atoms with Crippen LogP contribution in [0.25, 0.3) is 0 Å². The van der Waals surface area contributed by atoms with E-state index >= 15 is 0 Å². The first-order valence-electron chi connectivity index (χ1n) is 9.02. The fourth-order valence-electron chi connectivity index (χ4n) is 3.91. The third-order valence-corrected chi connectivity index (χ3v) is 6.16. The van der Waals surface area contributed by atoms with Crippen LogP contribution in [0.3, 0.4) is 0 Å². The summed E-state index contributed by atoms with van der Waals surface area (Å²) in [6, 6.07) is 6.72. The van der Waals surface area contributed by atoms with Crippen LogP contribution in [0.5, 0.6) is 5.75 Å². The van der Waals surface area contributed by atoms with Gasteiger partial charge < -0.3 is 10.1 Å². The summed E-state index contributed by atoms with van der Waals surface area (Å²) in [5.41, 5.74) is 0.586. The van der Waals surface area contributed by atoms with Crippen molar-refractivity contribution < 1.29 is 17.9 Å². The molecule has 6 nitrogen and oxygen atoms in total. The van der Waals surface area contributed by atoms with E-state index in [0.29, 0.717) is 17.2 Å². The Morgan fingerprint density at radius 1 is 1.31 bits per heavy atom. The number of methoxy groups -OCH3 is 1. The van der Waals surface area contributed by atoms with Crippen molar-refractivity contribution >= 4 is 15.9 Å². The Balaban J connectivity index is 1.85. The number of rotatable bonds is 7. The summed E-state index contributed by atoms with van der Waals surface area (Å²) in [7, 11) is -1.90. The predicted octanol–water partition coefficient (Wildman–Crippen LogP) is 2.56. The predicted molar refractivity (Wildman–Crippen MR) is 103 cm³/mol. The Kier molecular flexibility index (Phi) is 6.69. The lowest BCUT2D eigenvalue weighted by Gasteiger charge is -2.39. The summed E-state index contributed by atoms with van der Waals surface area (Å²) < 4.78 is 32.6. The molecule has 0 heterocycles. The second-order valence-electron chi connectivity index (χ2n) is 8.03. The van der Waals surface area contributed by atoms with Gasteiger partial charge in [-0.3, -0.25) is 4.79 Å². The van der Waals surface area contributed by atoms with Crippen LogP contribution in [0, 0.1) is 11.3 Å². The number of hydrogen-bond donors (Lipinski definition) is 2. The van der Waals surface area contributed by atoms with Crippen molar-refractivity contribution in [3.8, 4) is 5.75 Å². The molecule has 2 rings (SSSR count). The minimum Gasteiger partial charge on any atom is -0.497 e. The van der Waals surface area contributed by atoms with Gasteiger partial charge in [-0.15, -0.1) is 0 Å². The minimum absolute atomic E-state index is 0.0344. The zero-order valence-electron chi connectivity index (χ0n) is 16.0. The number of carbonyl (C=O) groups excluding carboxylic acids is 1. The lowest BCUT2D eigenvalue weighted by molar-refractivity contribution is 0.0955. The summed E-state index contributed by atoms with van der Waals surface area (Å²) in [6.45, 7) is 6.59. The monoisotopic (exact) mass is 382 g/mol. The molecule has 0 spiro atoms. The Morgan fingerprint density at radius 3 is 2.69 bits per heavy atom. The van der Waals surface area contributed by atoms with Gasteiger partial charge in [0.1, 0.15) is 5.75 Å². The van der Waals surface area contributed by atoms with E-state index < -0.39 is 10.0 Å². The summed E-state index contributed by atoms with van der Waals surface area (Å²) in [6.07, 6.45) is 2.81. The molecule has 2 N–H and O–H groups in total. The molecular weight excluding hydrogens is 352 g/mol. The number of benzene rings is 1. The highest BCUT2D eigenvalue weighted by Gasteiger charge is 2.33. The lowest BCUT2D eigenvalue weighted by atomic mass is 9.71. The van der Waals surface area contributed by atoms with Gasteiger partial charge in [-0.25, -0.2) is 13.1 Å². The summed E-state index contributed by atoms with van der Waals surface area (Å²) in [5, 5.41) is 2.65. The zero-order valence-corrected chi connectivity index (χ0v) is 16.9. The number of hydrogen-bond acceptors (Lipinski definition) is 4. The maximum absolute atomic E-state index is 12.4. The van der Waals surface area contributed by atoms with Crippen LogP contribution in [0.15, 0.2) is 24.3 Å². The van der Waals surface area contributed by atoms with Gasteiger partial charge in [-0.2, -0.15) is 0 Å². The lowest BCUT2D eigenvalue weighted by Crippen LogP contribution is -2.45. The standard InChI is InChI=1S/C19H30N2O4S/c1-14-10-16(13-19(2,3)12-14)21-26(23,24)9-8-20-18(22)15-6-5-7-17(11-15)25-4/h5-7,11,14,16,21H,8-10,12-13H2,1-4H3,(H,20,22)/t14-,16-/m1/s1. The SMILES string of the molecule is COc1cccc(C(=O)NCCS(=O)(=O)N[C@@H]2C[C@@H](C)CC(C)(C)C2)c1. The first-order chi connectivity index (χ1) is 12.1. The molecule has 1 aliphatic carbocycles. The van der Waals surface area contributed by atoms with Gasteiger partial charge in [-0.05, 0) is 48.8 Å². The normalized spacial score (nSPS) is 22.6. The first kappa shape index (κ1) is 20.7. The molecule has 7 heteroatoms. The van der Waals surface area contributed by atoms with Crippen LogP contribution >= 0.6 is 0 Å². The van der Waals surface area contributed by atoms with Gasteiger partial charge in [-0.1, -0.05) is 26.8 Å². The van der Waals surface area contributed by atoms with Crippen LogP contribution in [-0.4, -0.2) is 39.8 Å². The number of nitrogens with one attached hydrogen (secondary N) is 2. The fourth-order valence-corrected chi connectivity index (χ4v) is 5.09. The minimum atomic E-state index is -3.43. The van der Waals surface area contributed by atoms with E-state index in [9.17, 15) is 13.2 Å². The summed E-state index contributed by atoms with van der Waals surface area (Å²) in [5.74, 6) is 0.639. The molecule has 2 atom stereocenters. The summed E-state index contributed by atoms with van der Waals surface area (Å²) in [4.78, 5) is 12.1. The number of amides is 1. The molecule has 0 saturated heterocycles. The Bertz CT molecular complexity index is 731. The van der Waals surface area contributed by atoms with Gasteiger partial charge >= 0.3 is 0 Å². The van der Waals surface area contributed by atoms with Gasteiger partial charge in [0.05, 0.1) is 12.9 Å². The average molecular weight is 383 g/mol. The Morgan fingerprint density at radius 2 is 2.04 bits per heavy atom. The van der Waals surface area contributed by atoms with Crippen molar-refractivity contribution in [2.24, 2.45) is 11.3 Å². The number of sulfonamides is 1. The molecule has 0 bridgehead atoms. The van der Waals surface area contributed by atoms with E-state index in [1.807, 2.05) is 0 Å². The highest BCUT2D eigenvalue weighted by molar-refractivity contribution is 7.89. The van der Waals surface area contributed by atoms with Crippen molar-refractivity contribution in [3.63, 3.8) is 0 Å². The van der Waals surface area contributed by atoms with Gasteiger partial charge in [0.25, 0.3) is 5.91 Å². The van der Waals surface area contributed by atoms with Crippen LogP contribution < -0.4 is 14.8 Å². The second-order valence-corrected chi connectivity index (χ2v) is 9.91. The molecule has 1 aliphatic rings. The number of ether oxygens (including phenoxy) is 1. The third kappa shape index (κ3) is 6.29. The highest BCUT2D eigenvalue weighted by Crippen LogP contribution is 2.38. The molecule has 1 aromatic carbocycles. The van der Waals surface area contributed by atoms with E-state index in [0.717, 1.165) is 19.3 Å². The van der Waals surface area contributed by atoms with Crippen LogP contribution in [0.2, 0.25) is 0 Å². The van der Waals surface area contributed by atoms with Crippen molar-refractivity contribution in [2.75, 3.05) is 19.4 Å². The second kappa shape index (κ2) is 8.39. The van der Waals surface area contributed by atoms with Crippen molar-refractivity contribution in [2.45, 2.75) is 46.1 Å². The van der Waals surface area contributed by atoms with E-state index in [1.54, 1.807) is 24.3 Å². The van der Waals surface area contributed by atoms with Crippen molar-refractivity contribution in [1.82, 2.24) is 10.0 Å². The van der Waals surface area contributed by atoms with Gasteiger partial charge in [0.2, 0.25) is 10.0 Å². The molecule has 0 radical (unpaired) electrons. The Hall–Kier alpha value is -1.60. The maximum Gasteiger partial charge on any atom is 0.251 e. The zero-order chi connectivity index (χ0) is 19.4. The van der Waals surface area contributed by atoms with E-state index in [1.165, 1.54) is 7.11 Å². The third-order valence-electron chi connectivity index (χ3n) is 4.72. The van der Waals surface area contributed by atoms with Crippen LogP contribution in [0.1, 0.15) is 50.4 Å². The highest BCUT2D eigenvalue weighted by atomic mass is 32.2. The van der Waals surface area contributed by atoms with Crippen LogP contribution in [-0.2, 0) is 10.0 Å². The van der Waals surface area contributed by atoms with Gasteiger partial charge in [0, 0.05) is 18.2 Å². The van der Waals surface area contributed by atoms with Crippen molar-refractivity contribution in [1.29, 1.82) is 0 Å².